The largest absolute Gasteiger partial charge is 0.388 e. The second-order valence-electron chi connectivity index (χ2n) is 4.22. The zero-order valence-electron chi connectivity index (χ0n) is 11.0. The summed E-state index contributed by atoms with van der Waals surface area (Å²) in [7, 11) is 0. The Morgan fingerprint density at radius 1 is 1.37 bits per heavy atom. The molecule has 0 radical (unpaired) electrons. The fourth-order valence-electron chi connectivity index (χ4n) is 2.01. The number of rotatable bonds is 4. The van der Waals surface area contributed by atoms with Crippen LogP contribution in [0.15, 0.2) is 16.9 Å². The molecule has 7 heteroatoms. The summed E-state index contributed by atoms with van der Waals surface area (Å²) in [6, 6.07) is -0.0314. The van der Waals surface area contributed by atoms with Crippen LogP contribution in [0.1, 0.15) is 35.7 Å². The zero-order valence-corrected chi connectivity index (χ0v) is 11.8. The van der Waals surface area contributed by atoms with Crippen molar-refractivity contribution in [3.05, 3.63) is 35.1 Å². The van der Waals surface area contributed by atoms with E-state index in [1.54, 1.807) is 12.4 Å². The van der Waals surface area contributed by atoms with Gasteiger partial charge >= 0.3 is 0 Å². The van der Waals surface area contributed by atoms with Crippen LogP contribution in [0.2, 0.25) is 0 Å². The fraction of sp³-hybridized carbons (Fsp3) is 0.333. The maximum absolute atomic E-state index is 5.63. The average molecular weight is 277 g/mol. The van der Waals surface area contributed by atoms with Crippen LogP contribution in [0.4, 0.5) is 5.82 Å². The number of hydrogen-bond acceptors (Lipinski definition) is 6. The summed E-state index contributed by atoms with van der Waals surface area (Å²) in [5.41, 5.74) is 7.95. The van der Waals surface area contributed by atoms with Crippen molar-refractivity contribution in [1.29, 1.82) is 0 Å². The van der Waals surface area contributed by atoms with E-state index >= 15 is 0 Å². The van der Waals surface area contributed by atoms with Gasteiger partial charge in [0.1, 0.15) is 16.4 Å². The van der Waals surface area contributed by atoms with Crippen molar-refractivity contribution in [2.75, 3.05) is 5.32 Å². The molecule has 0 aliphatic carbocycles. The summed E-state index contributed by atoms with van der Waals surface area (Å²) in [5.74, 6) is 1.33. The fourth-order valence-corrected chi connectivity index (χ4v) is 2.16. The van der Waals surface area contributed by atoms with Gasteiger partial charge in [0.15, 0.2) is 5.82 Å². The third kappa shape index (κ3) is 2.70. The molecule has 0 bridgehead atoms. The minimum absolute atomic E-state index is 0.0314. The molecule has 2 heterocycles. The number of nitrogens with zero attached hydrogens (tertiary/aromatic N) is 3. The van der Waals surface area contributed by atoms with Gasteiger partial charge < -0.3 is 15.6 Å². The highest BCUT2D eigenvalue weighted by Gasteiger charge is 2.18. The van der Waals surface area contributed by atoms with E-state index in [0.29, 0.717) is 11.5 Å². The van der Waals surface area contributed by atoms with E-state index < -0.39 is 0 Å². The quantitative estimate of drug-likeness (QED) is 0.825. The monoisotopic (exact) mass is 277 g/mol. The molecule has 0 aliphatic rings. The minimum Gasteiger partial charge on any atom is -0.388 e. The first-order valence-corrected chi connectivity index (χ1v) is 6.21. The Morgan fingerprint density at radius 3 is 2.63 bits per heavy atom. The van der Waals surface area contributed by atoms with Crippen LogP contribution in [-0.2, 0) is 0 Å². The van der Waals surface area contributed by atoms with Crippen LogP contribution in [0, 0.1) is 13.8 Å². The van der Waals surface area contributed by atoms with Gasteiger partial charge in [0, 0.05) is 18.0 Å². The molecule has 0 saturated carbocycles. The second-order valence-corrected chi connectivity index (χ2v) is 4.66. The smallest absolute Gasteiger partial charge is 0.155 e. The number of aryl methyl sites for hydroxylation is 2. The maximum atomic E-state index is 5.63. The Hall–Kier alpha value is -2.02. The van der Waals surface area contributed by atoms with Gasteiger partial charge in [-0.15, -0.1) is 0 Å². The van der Waals surface area contributed by atoms with E-state index in [-0.39, 0.29) is 11.0 Å². The molecule has 0 fully saturated rings. The predicted octanol–water partition coefficient (Wildman–Crippen LogP) is 1.89. The molecule has 2 aromatic heterocycles. The molecule has 0 aliphatic heterocycles. The first-order chi connectivity index (χ1) is 9.00. The molecular formula is C12H15N5OS. The predicted molar refractivity (Wildman–Crippen MR) is 75.9 cm³/mol. The summed E-state index contributed by atoms with van der Waals surface area (Å²) >= 11 is 4.96. The van der Waals surface area contributed by atoms with Crippen LogP contribution >= 0.6 is 12.2 Å². The Bertz CT molecular complexity index is 590. The summed E-state index contributed by atoms with van der Waals surface area (Å²) in [6.45, 7) is 5.76. The van der Waals surface area contributed by atoms with Gasteiger partial charge in [0.2, 0.25) is 0 Å². The van der Waals surface area contributed by atoms with Crippen LogP contribution in [0.5, 0.6) is 0 Å². The topological polar surface area (TPSA) is 89.9 Å². The molecule has 2 rings (SSSR count). The van der Waals surface area contributed by atoms with Crippen LogP contribution in [0.3, 0.4) is 0 Å². The van der Waals surface area contributed by atoms with E-state index in [2.05, 4.69) is 20.4 Å². The molecule has 2 aromatic rings. The average Bonchev–Trinajstić information content (AvgIpc) is 2.69. The first-order valence-electron chi connectivity index (χ1n) is 5.80. The number of nitrogens with two attached hydrogens (primary N) is 1. The van der Waals surface area contributed by atoms with Gasteiger partial charge in [-0.25, -0.2) is 9.97 Å². The van der Waals surface area contributed by atoms with Gasteiger partial charge in [-0.3, -0.25) is 0 Å². The number of hydrogen-bond donors (Lipinski definition) is 2. The minimum atomic E-state index is -0.0314. The standard InChI is InChI=1S/C12H15N5OS/c1-6(9-7(2)17-18-8(9)3)16-12-10(11(13)19)14-4-5-15-12/h4-6H,1-3H3,(H2,13,19)(H,15,16). The van der Waals surface area contributed by atoms with E-state index in [0.717, 1.165) is 17.0 Å². The summed E-state index contributed by atoms with van der Waals surface area (Å²) < 4.78 is 5.16. The highest BCUT2D eigenvalue weighted by Crippen LogP contribution is 2.24. The first kappa shape index (κ1) is 13.4. The van der Waals surface area contributed by atoms with Gasteiger partial charge in [-0.05, 0) is 20.8 Å². The number of aromatic nitrogens is 3. The van der Waals surface area contributed by atoms with Crippen molar-refractivity contribution < 1.29 is 4.52 Å². The Morgan fingerprint density at radius 2 is 2.05 bits per heavy atom. The van der Waals surface area contributed by atoms with Crippen molar-refractivity contribution in [2.24, 2.45) is 5.73 Å². The van der Waals surface area contributed by atoms with Crippen molar-refractivity contribution in [2.45, 2.75) is 26.8 Å². The number of anilines is 1. The summed E-state index contributed by atoms with van der Waals surface area (Å²) in [5, 5.41) is 7.17. The third-order valence-corrected chi connectivity index (χ3v) is 3.00. The lowest BCUT2D eigenvalue weighted by Gasteiger charge is -2.15. The molecule has 0 saturated heterocycles. The molecule has 1 unspecified atom stereocenters. The van der Waals surface area contributed by atoms with Gasteiger partial charge in [0.05, 0.1) is 11.7 Å². The van der Waals surface area contributed by atoms with Crippen molar-refractivity contribution >= 4 is 23.0 Å². The highest BCUT2D eigenvalue weighted by atomic mass is 32.1. The van der Waals surface area contributed by atoms with Crippen LogP contribution in [0.25, 0.3) is 0 Å². The molecule has 6 nitrogen and oxygen atoms in total. The van der Waals surface area contributed by atoms with Crippen molar-refractivity contribution in [1.82, 2.24) is 15.1 Å². The Labute approximate surface area is 116 Å². The third-order valence-electron chi connectivity index (χ3n) is 2.81. The van der Waals surface area contributed by atoms with Crippen molar-refractivity contribution in [3.63, 3.8) is 0 Å². The zero-order chi connectivity index (χ0) is 14.0. The van der Waals surface area contributed by atoms with E-state index in [1.807, 2.05) is 20.8 Å². The number of thiocarbonyl (C=S) groups is 1. The Balaban J connectivity index is 2.29. The number of nitrogens with one attached hydrogen (secondary N) is 1. The van der Waals surface area contributed by atoms with E-state index in [1.165, 1.54) is 0 Å². The van der Waals surface area contributed by atoms with Crippen LogP contribution < -0.4 is 11.1 Å². The van der Waals surface area contributed by atoms with E-state index in [4.69, 9.17) is 22.5 Å². The lowest BCUT2D eigenvalue weighted by atomic mass is 10.1. The molecule has 1 atom stereocenters. The highest BCUT2D eigenvalue weighted by molar-refractivity contribution is 7.80. The summed E-state index contributed by atoms with van der Waals surface area (Å²) in [4.78, 5) is 8.55. The molecular weight excluding hydrogens is 262 g/mol. The molecule has 3 N–H and O–H groups in total. The maximum Gasteiger partial charge on any atom is 0.155 e. The summed E-state index contributed by atoms with van der Waals surface area (Å²) in [6.07, 6.45) is 3.14. The molecule has 19 heavy (non-hydrogen) atoms. The van der Waals surface area contributed by atoms with Gasteiger partial charge in [-0.2, -0.15) is 0 Å². The SMILES string of the molecule is Cc1noc(C)c1C(C)Nc1nccnc1C(N)=S. The molecule has 0 spiro atoms. The normalized spacial score (nSPS) is 12.2. The molecule has 0 aromatic carbocycles. The Kier molecular flexibility index (Phi) is 3.75. The lowest BCUT2D eigenvalue weighted by molar-refractivity contribution is 0.392. The van der Waals surface area contributed by atoms with Crippen molar-refractivity contribution in [3.8, 4) is 0 Å². The molecule has 0 amide bonds. The second kappa shape index (κ2) is 5.31. The van der Waals surface area contributed by atoms with E-state index in [9.17, 15) is 0 Å². The van der Waals surface area contributed by atoms with Crippen LogP contribution in [-0.4, -0.2) is 20.1 Å². The van der Waals surface area contributed by atoms with Gasteiger partial charge in [0.25, 0.3) is 0 Å². The van der Waals surface area contributed by atoms with Gasteiger partial charge in [-0.1, -0.05) is 17.4 Å². The lowest BCUT2D eigenvalue weighted by Crippen LogP contribution is -2.18. The molecule has 100 valence electrons.